The highest BCUT2D eigenvalue weighted by Crippen LogP contribution is 2.33. The molecule has 0 spiro atoms. The number of aromatic hydroxyl groups is 1. The Kier molecular flexibility index (Phi) is 9.12. The van der Waals surface area contributed by atoms with Crippen LogP contribution >= 0.6 is 39.9 Å². The molecule has 1 aliphatic heterocycles. The van der Waals surface area contributed by atoms with Crippen LogP contribution in [0, 0.1) is 5.92 Å². The molecular formula is C21H25BrCl2N4O3. The van der Waals surface area contributed by atoms with E-state index in [-0.39, 0.29) is 46.3 Å². The first-order valence-corrected chi connectivity index (χ1v) is 10.9. The Hall–Kier alpha value is -1.87. The van der Waals surface area contributed by atoms with Gasteiger partial charge in [0, 0.05) is 33.7 Å². The van der Waals surface area contributed by atoms with Crippen molar-refractivity contribution in [2.24, 2.45) is 5.92 Å². The summed E-state index contributed by atoms with van der Waals surface area (Å²) in [6.45, 7) is 5.95. The van der Waals surface area contributed by atoms with Gasteiger partial charge in [-0.05, 0) is 73.9 Å². The third-order valence-corrected chi connectivity index (χ3v) is 5.86. The summed E-state index contributed by atoms with van der Waals surface area (Å²) >= 11 is 9.33. The summed E-state index contributed by atoms with van der Waals surface area (Å²) in [5.74, 6) is -0.857. The van der Waals surface area contributed by atoms with E-state index >= 15 is 0 Å². The van der Waals surface area contributed by atoms with E-state index in [1.165, 1.54) is 12.1 Å². The van der Waals surface area contributed by atoms with Crippen molar-refractivity contribution in [1.29, 1.82) is 0 Å². The minimum absolute atomic E-state index is 0. The minimum Gasteiger partial charge on any atom is -0.506 e. The Labute approximate surface area is 201 Å². The van der Waals surface area contributed by atoms with Crippen molar-refractivity contribution < 1.29 is 14.7 Å². The molecule has 1 aliphatic rings. The van der Waals surface area contributed by atoms with Crippen LogP contribution < -0.4 is 10.6 Å². The number of carbonyl (C=O) groups is 2. The lowest BCUT2D eigenvalue weighted by Crippen LogP contribution is -2.41. The van der Waals surface area contributed by atoms with Gasteiger partial charge in [0.15, 0.2) is 0 Å². The minimum atomic E-state index is -0.535. The molecule has 168 valence electrons. The van der Waals surface area contributed by atoms with Gasteiger partial charge in [0.25, 0.3) is 5.91 Å². The molecule has 31 heavy (non-hydrogen) atoms. The van der Waals surface area contributed by atoms with Crippen molar-refractivity contribution in [2.45, 2.75) is 32.7 Å². The maximum atomic E-state index is 12.8. The van der Waals surface area contributed by atoms with Crippen molar-refractivity contribution in [2.75, 3.05) is 23.7 Å². The number of phenolic OH excluding ortho intramolecular Hbond substituents is 1. The van der Waals surface area contributed by atoms with E-state index in [2.05, 4.69) is 50.3 Å². The molecule has 0 atom stereocenters. The molecule has 0 saturated carbocycles. The number of pyridine rings is 1. The number of rotatable bonds is 5. The van der Waals surface area contributed by atoms with Gasteiger partial charge in [0.2, 0.25) is 5.91 Å². The Balaban J connectivity index is 0.00000341. The van der Waals surface area contributed by atoms with Gasteiger partial charge in [0.1, 0.15) is 11.6 Å². The van der Waals surface area contributed by atoms with Crippen molar-refractivity contribution in [3.63, 3.8) is 0 Å². The number of piperidine rings is 1. The Morgan fingerprint density at radius 1 is 1.23 bits per heavy atom. The Morgan fingerprint density at radius 3 is 2.48 bits per heavy atom. The molecule has 3 N–H and O–H groups in total. The molecule has 2 amide bonds. The number of hydrogen-bond acceptors (Lipinski definition) is 5. The van der Waals surface area contributed by atoms with Crippen molar-refractivity contribution in [1.82, 2.24) is 9.88 Å². The predicted molar refractivity (Wildman–Crippen MR) is 128 cm³/mol. The van der Waals surface area contributed by atoms with Crippen LogP contribution in [0.2, 0.25) is 5.02 Å². The number of phenols is 1. The molecule has 3 rings (SSSR count). The smallest absolute Gasteiger partial charge is 0.259 e. The zero-order chi connectivity index (χ0) is 21.8. The first-order chi connectivity index (χ1) is 14.2. The Bertz CT molecular complexity index is 933. The molecule has 7 nitrogen and oxygen atoms in total. The second kappa shape index (κ2) is 11.1. The van der Waals surface area contributed by atoms with Gasteiger partial charge < -0.3 is 20.6 Å². The Morgan fingerprint density at radius 2 is 1.90 bits per heavy atom. The lowest BCUT2D eigenvalue weighted by atomic mass is 9.95. The summed E-state index contributed by atoms with van der Waals surface area (Å²) in [6.07, 6.45) is 3.00. The van der Waals surface area contributed by atoms with E-state index in [9.17, 15) is 14.7 Å². The molecular weight excluding hydrogens is 507 g/mol. The van der Waals surface area contributed by atoms with E-state index < -0.39 is 5.91 Å². The molecule has 0 bridgehead atoms. The number of likely N-dealkylation sites (tertiary alicyclic amines) is 1. The fourth-order valence-electron chi connectivity index (χ4n) is 3.44. The van der Waals surface area contributed by atoms with Crippen LogP contribution in [0.5, 0.6) is 5.75 Å². The summed E-state index contributed by atoms with van der Waals surface area (Å²) in [5, 5.41) is 16.0. The van der Waals surface area contributed by atoms with Crippen LogP contribution in [0.4, 0.5) is 11.5 Å². The quantitative estimate of drug-likeness (QED) is 0.475. The molecule has 2 heterocycles. The lowest BCUT2D eigenvalue weighted by molar-refractivity contribution is -0.121. The molecule has 1 aromatic carbocycles. The van der Waals surface area contributed by atoms with Gasteiger partial charge in [-0.15, -0.1) is 12.4 Å². The van der Waals surface area contributed by atoms with Gasteiger partial charge in [-0.2, -0.15) is 0 Å². The summed E-state index contributed by atoms with van der Waals surface area (Å²) in [7, 11) is 0. The predicted octanol–water partition coefficient (Wildman–Crippen LogP) is 4.94. The molecule has 0 unspecified atom stereocenters. The molecule has 1 fully saturated rings. The van der Waals surface area contributed by atoms with Gasteiger partial charge >= 0.3 is 0 Å². The van der Waals surface area contributed by atoms with Crippen molar-refractivity contribution >= 4 is 63.3 Å². The second-order valence-corrected chi connectivity index (χ2v) is 8.91. The monoisotopic (exact) mass is 530 g/mol. The number of carbonyl (C=O) groups excluding carboxylic acids is 2. The highest BCUT2D eigenvalue weighted by molar-refractivity contribution is 9.10. The first kappa shape index (κ1) is 25.4. The third kappa shape index (κ3) is 6.55. The average Bonchev–Trinajstić information content (AvgIpc) is 2.71. The fraction of sp³-hybridized carbons (Fsp3) is 0.381. The van der Waals surface area contributed by atoms with E-state index in [0.29, 0.717) is 11.9 Å². The fourth-order valence-corrected chi connectivity index (χ4v) is 3.89. The van der Waals surface area contributed by atoms with Gasteiger partial charge in [-0.3, -0.25) is 9.59 Å². The summed E-state index contributed by atoms with van der Waals surface area (Å²) < 4.78 is 0.775. The van der Waals surface area contributed by atoms with E-state index in [0.717, 1.165) is 30.4 Å². The molecule has 10 heteroatoms. The zero-order valence-electron chi connectivity index (χ0n) is 17.2. The third-order valence-electron chi connectivity index (χ3n) is 5.17. The number of halogens is 3. The van der Waals surface area contributed by atoms with Crippen LogP contribution in [-0.4, -0.2) is 45.9 Å². The molecule has 2 aromatic rings. The van der Waals surface area contributed by atoms with Crippen LogP contribution in [0.15, 0.2) is 34.9 Å². The number of hydrogen-bond donors (Lipinski definition) is 3. The maximum absolute atomic E-state index is 12.8. The van der Waals surface area contributed by atoms with Crippen LogP contribution in [0.1, 0.15) is 37.0 Å². The van der Waals surface area contributed by atoms with E-state index in [4.69, 9.17) is 11.6 Å². The zero-order valence-corrected chi connectivity index (χ0v) is 20.4. The number of nitrogens with one attached hydrogen (secondary N) is 2. The topological polar surface area (TPSA) is 94.6 Å². The van der Waals surface area contributed by atoms with Gasteiger partial charge in [-0.25, -0.2) is 4.98 Å². The van der Waals surface area contributed by atoms with Crippen LogP contribution in [-0.2, 0) is 4.79 Å². The first-order valence-electron chi connectivity index (χ1n) is 9.75. The standard InChI is InChI=1S/C21H24BrClN4O3.ClH/c1-12(2)27-7-5-13(6-8-27)20(29)26-19-16(9-15(23)10-17(19)28)21(30)25-18-4-3-14(22)11-24-18;/h3-4,9-13,28H,5-8H2,1-2H3,(H,26,29)(H,24,25,30);1H. The van der Waals surface area contributed by atoms with Crippen LogP contribution in [0.25, 0.3) is 0 Å². The second-order valence-electron chi connectivity index (χ2n) is 7.56. The summed E-state index contributed by atoms with van der Waals surface area (Å²) in [5.41, 5.74) is 0.114. The highest BCUT2D eigenvalue weighted by Gasteiger charge is 2.28. The number of amides is 2. The largest absolute Gasteiger partial charge is 0.506 e. The number of aromatic nitrogens is 1. The molecule has 0 aliphatic carbocycles. The maximum Gasteiger partial charge on any atom is 0.259 e. The van der Waals surface area contributed by atoms with Gasteiger partial charge in [0.05, 0.1) is 11.3 Å². The number of benzene rings is 1. The lowest BCUT2D eigenvalue weighted by Gasteiger charge is -2.34. The molecule has 1 aromatic heterocycles. The number of nitrogens with zero attached hydrogens (tertiary/aromatic N) is 2. The highest BCUT2D eigenvalue weighted by atomic mass is 79.9. The summed E-state index contributed by atoms with van der Waals surface area (Å²) in [4.78, 5) is 32.1. The molecule has 1 saturated heterocycles. The summed E-state index contributed by atoms with van der Waals surface area (Å²) in [6, 6.07) is 6.52. The van der Waals surface area contributed by atoms with Gasteiger partial charge in [-0.1, -0.05) is 11.6 Å². The van der Waals surface area contributed by atoms with E-state index in [1.807, 2.05) is 0 Å². The van der Waals surface area contributed by atoms with Crippen molar-refractivity contribution in [3.8, 4) is 5.75 Å². The molecule has 0 radical (unpaired) electrons. The average molecular weight is 532 g/mol. The SMILES string of the molecule is CC(C)N1CCC(C(=O)Nc2c(O)cc(Cl)cc2C(=O)Nc2ccc(Br)cn2)CC1.Cl. The van der Waals surface area contributed by atoms with Crippen LogP contribution in [0.3, 0.4) is 0 Å². The van der Waals surface area contributed by atoms with Crippen molar-refractivity contribution in [3.05, 3.63) is 45.5 Å². The van der Waals surface area contributed by atoms with E-state index in [1.54, 1.807) is 18.3 Å². The normalized spacial score (nSPS) is 14.7. The number of anilines is 2.